The van der Waals surface area contributed by atoms with E-state index < -0.39 is 0 Å². The van der Waals surface area contributed by atoms with E-state index in [1.54, 1.807) is 23.9 Å². The van der Waals surface area contributed by atoms with Gasteiger partial charge < -0.3 is 9.80 Å². The minimum absolute atomic E-state index is 0.0777. The number of halogens is 1. The molecule has 4 rings (SSSR count). The molecule has 0 aromatic heterocycles. The maximum atomic E-state index is 13.0. The first-order valence-corrected chi connectivity index (χ1v) is 10.3. The summed E-state index contributed by atoms with van der Waals surface area (Å²) in [5.41, 5.74) is 2.93. The van der Waals surface area contributed by atoms with Crippen molar-refractivity contribution < 1.29 is 9.18 Å². The van der Waals surface area contributed by atoms with E-state index in [4.69, 9.17) is 0 Å². The molecular weight excluding hydrogens is 375 g/mol. The molecule has 0 N–H and O–H groups in total. The van der Waals surface area contributed by atoms with Crippen molar-refractivity contribution in [3.05, 3.63) is 71.5 Å². The van der Waals surface area contributed by atoms with Crippen LogP contribution in [0, 0.1) is 5.82 Å². The van der Waals surface area contributed by atoms with Gasteiger partial charge in [-0.05, 0) is 23.3 Å². The highest BCUT2D eigenvalue weighted by Crippen LogP contribution is 2.19. The molecule has 2 heterocycles. The molecular formula is C21H21FN4OS. The Morgan fingerprint density at radius 1 is 0.964 bits per heavy atom. The first-order chi connectivity index (χ1) is 13.7. The van der Waals surface area contributed by atoms with Gasteiger partial charge in [0.2, 0.25) is 5.91 Å². The van der Waals surface area contributed by atoms with E-state index in [9.17, 15) is 9.18 Å². The summed E-state index contributed by atoms with van der Waals surface area (Å²) in [6, 6.07) is 16.2. The number of hydrogen-bond donors (Lipinski definition) is 0. The smallest absolute Gasteiger partial charge is 0.227 e. The van der Waals surface area contributed by atoms with Gasteiger partial charge in [0.1, 0.15) is 5.82 Å². The minimum atomic E-state index is -0.284. The Morgan fingerprint density at radius 2 is 1.68 bits per heavy atom. The van der Waals surface area contributed by atoms with Gasteiger partial charge >= 0.3 is 0 Å². The van der Waals surface area contributed by atoms with Gasteiger partial charge in [0.15, 0.2) is 5.17 Å². The van der Waals surface area contributed by atoms with E-state index in [0.29, 0.717) is 19.5 Å². The number of rotatable bonds is 3. The summed E-state index contributed by atoms with van der Waals surface area (Å²) < 4.78 is 13.0. The highest BCUT2D eigenvalue weighted by atomic mass is 32.2. The topological polar surface area (TPSA) is 48.3 Å². The van der Waals surface area contributed by atoms with Crippen LogP contribution in [0.1, 0.15) is 11.1 Å². The van der Waals surface area contributed by atoms with E-state index in [1.807, 2.05) is 35.2 Å². The third-order valence-corrected chi connectivity index (χ3v) is 5.89. The van der Waals surface area contributed by atoms with Gasteiger partial charge in [0.05, 0.1) is 12.1 Å². The Labute approximate surface area is 167 Å². The van der Waals surface area contributed by atoms with Gasteiger partial charge in [0, 0.05) is 31.9 Å². The van der Waals surface area contributed by atoms with Crippen molar-refractivity contribution in [2.45, 2.75) is 6.42 Å². The number of thioether (sulfide) groups is 1. The zero-order valence-electron chi connectivity index (χ0n) is 15.4. The average Bonchev–Trinajstić information content (AvgIpc) is 2.76. The number of nitrogens with zero attached hydrogens (tertiary/aromatic N) is 4. The average molecular weight is 396 g/mol. The lowest BCUT2D eigenvalue weighted by Crippen LogP contribution is -2.50. The third kappa shape index (κ3) is 4.42. The van der Waals surface area contributed by atoms with E-state index in [1.165, 1.54) is 12.1 Å². The lowest BCUT2D eigenvalue weighted by molar-refractivity contribution is -0.131. The van der Waals surface area contributed by atoms with Crippen LogP contribution in [0.15, 0.2) is 64.8 Å². The molecule has 5 nitrogen and oxygen atoms in total. The molecule has 2 aliphatic heterocycles. The highest BCUT2D eigenvalue weighted by Gasteiger charge is 2.25. The van der Waals surface area contributed by atoms with Crippen molar-refractivity contribution in [3.63, 3.8) is 0 Å². The predicted molar refractivity (Wildman–Crippen MR) is 111 cm³/mol. The minimum Gasteiger partial charge on any atom is -0.346 e. The number of amidine groups is 1. The second-order valence-electron chi connectivity index (χ2n) is 6.76. The molecule has 0 saturated carbocycles. The third-order valence-electron chi connectivity index (χ3n) is 4.87. The standard InChI is InChI=1S/C21H21FN4OS/c22-18-8-6-16(7-9-18)14-20(27)25-10-12-26(13-11-25)21-24-23-19(15-28-21)17-4-2-1-3-5-17/h1-9H,10-15H2. The lowest BCUT2D eigenvalue weighted by Gasteiger charge is -2.36. The monoisotopic (exact) mass is 396 g/mol. The summed E-state index contributed by atoms with van der Waals surface area (Å²) in [4.78, 5) is 16.6. The lowest BCUT2D eigenvalue weighted by atomic mass is 10.1. The summed E-state index contributed by atoms with van der Waals surface area (Å²) in [6.07, 6.45) is 0.306. The van der Waals surface area contributed by atoms with E-state index in [0.717, 1.165) is 40.8 Å². The fourth-order valence-corrected chi connectivity index (χ4v) is 4.21. The number of piperazine rings is 1. The maximum absolute atomic E-state index is 13.0. The molecule has 1 amide bonds. The molecule has 0 spiro atoms. The first kappa shape index (κ1) is 18.7. The molecule has 0 unspecified atom stereocenters. The molecule has 2 aromatic rings. The van der Waals surface area contributed by atoms with Crippen LogP contribution in [0.3, 0.4) is 0 Å². The summed E-state index contributed by atoms with van der Waals surface area (Å²) in [5.74, 6) is 0.592. The van der Waals surface area contributed by atoms with E-state index >= 15 is 0 Å². The van der Waals surface area contributed by atoms with Crippen LogP contribution in [-0.2, 0) is 11.2 Å². The number of carbonyl (C=O) groups excluding carboxylic acids is 1. The Morgan fingerprint density at radius 3 is 2.32 bits per heavy atom. The van der Waals surface area contributed by atoms with Gasteiger partial charge in [-0.3, -0.25) is 4.79 Å². The first-order valence-electron chi connectivity index (χ1n) is 9.29. The number of carbonyl (C=O) groups is 1. The molecule has 0 atom stereocenters. The Kier molecular flexibility index (Phi) is 5.71. The van der Waals surface area contributed by atoms with Crippen LogP contribution >= 0.6 is 11.8 Å². The van der Waals surface area contributed by atoms with Crippen molar-refractivity contribution in [2.24, 2.45) is 10.2 Å². The van der Waals surface area contributed by atoms with Crippen LogP contribution in [0.5, 0.6) is 0 Å². The zero-order chi connectivity index (χ0) is 19.3. The van der Waals surface area contributed by atoms with Crippen LogP contribution in [0.25, 0.3) is 0 Å². The second kappa shape index (κ2) is 8.56. The molecule has 144 valence electrons. The summed E-state index contributed by atoms with van der Waals surface area (Å²) >= 11 is 1.69. The molecule has 1 fully saturated rings. The molecule has 2 aromatic carbocycles. The number of hydrogen-bond acceptors (Lipinski definition) is 5. The quantitative estimate of drug-likeness (QED) is 0.801. The van der Waals surface area contributed by atoms with Crippen molar-refractivity contribution in [1.29, 1.82) is 0 Å². The molecule has 2 aliphatic rings. The fraction of sp³-hybridized carbons (Fsp3) is 0.286. The fourth-order valence-electron chi connectivity index (χ4n) is 3.26. The van der Waals surface area contributed by atoms with E-state index in [-0.39, 0.29) is 11.7 Å². The Bertz CT molecular complexity index is 890. The molecule has 0 radical (unpaired) electrons. The van der Waals surface area contributed by atoms with Crippen molar-refractivity contribution >= 4 is 28.5 Å². The normalized spacial score (nSPS) is 17.2. The maximum Gasteiger partial charge on any atom is 0.227 e. The van der Waals surface area contributed by atoms with Crippen molar-refractivity contribution in [3.8, 4) is 0 Å². The largest absolute Gasteiger partial charge is 0.346 e. The van der Waals surface area contributed by atoms with E-state index in [2.05, 4.69) is 15.1 Å². The number of benzene rings is 2. The number of amides is 1. The zero-order valence-corrected chi connectivity index (χ0v) is 16.2. The Balaban J connectivity index is 1.32. The van der Waals surface area contributed by atoms with Crippen molar-refractivity contribution in [1.82, 2.24) is 9.80 Å². The van der Waals surface area contributed by atoms with Gasteiger partial charge in [-0.1, -0.05) is 54.2 Å². The van der Waals surface area contributed by atoms with Gasteiger partial charge in [0.25, 0.3) is 0 Å². The summed E-state index contributed by atoms with van der Waals surface area (Å²) in [5, 5.41) is 9.74. The SMILES string of the molecule is O=C(Cc1ccc(F)cc1)N1CCN(C2=NN=C(c3ccccc3)CS2)CC1. The van der Waals surface area contributed by atoms with Gasteiger partial charge in [-0.2, -0.15) is 5.10 Å². The molecule has 7 heteroatoms. The van der Waals surface area contributed by atoms with Crippen LogP contribution in [-0.4, -0.2) is 58.5 Å². The second-order valence-corrected chi connectivity index (χ2v) is 7.70. The Hall–Kier alpha value is -2.67. The highest BCUT2D eigenvalue weighted by molar-refractivity contribution is 8.14. The predicted octanol–water partition coefficient (Wildman–Crippen LogP) is 3.02. The molecule has 28 heavy (non-hydrogen) atoms. The summed E-state index contributed by atoms with van der Waals surface area (Å²) in [7, 11) is 0. The molecule has 0 aliphatic carbocycles. The van der Waals surface area contributed by atoms with Crippen LogP contribution in [0.2, 0.25) is 0 Å². The van der Waals surface area contributed by atoms with Gasteiger partial charge in [-0.15, -0.1) is 5.10 Å². The van der Waals surface area contributed by atoms with Crippen LogP contribution < -0.4 is 0 Å². The van der Waals surface area contributed by atoms with Gasteiger partial charge in [-0.25, -0.2) is 4.39 Å². The summed E-state index contributed by atoms with van der Waals surface area (Å²) in [6.45, 7) is 2.82. The van der Waals surface area contributed by atoms with Crippen LogP contribution in [0.4, 0.5) is 4.39 Å². The molecule has 1 saturated heterocycles. The molecule has 0 bridgehead atoms. The van der Waals surface area contributed by atoms with Crippen molar-refractivity contribution in [2.75, 3.05) is 31.9 Å².